The van der Waals surface area contributed by atoms with Crippen LogP contribution in [0.2, 0.25) is 39.3 Å². The van der Waals surface area contributed by atoms with E-state index < -0.39 is 26.3 Å². The van der Waals surface area contributed by atoms with Gasteiger partial charge in [0, 0.05) is 16.6 Å². The Balaban J connectivity index is 1.37. The highest BCUT2D eigenvalue weighted by atomic mass is 28.3. The summed E-state index contributed by atoms with van der Waals surface area (Å²) in [5.41, 5.74) is 13.3. The van der Waals surface area contributed by atoms with Crippen LogP contribution in [0.3, 0.4) is 0 Å². The molecule has 1 aliphatic heterocycles. The molecule has 55 heavy (non-hydrogen) atoms. The third-order valence-electron chi connectivity index (χ3n) is 10.5. The molecule has 0 fully saturated rings. The molecule has 0 amide bonds. The van der Waals surface area contributed by atoms with Gasteiger partial charge in [-0.15, -0.1) is 0 Å². The molecular weight excluding hydrogens is 723 g/mol. The first-order valence-corrected chi connectivity index (χ1v) is 26.5. The summed E-state index contributed by atoms with van der Waals surface area (Å²) < 4.78 is 21.0. The lowest BCUT2D eigenvalue weighted by Gasteiger charge is -2.34. The zero-order chi connectivity index (χ0) is 38.8. The smallest absolute Gasteiger partial charge is 0.298 e. The van der Waals surface area contributed by atoms with Crippen molar-refractivity contribution in [1.29, 1.82) is 10.8 Å². The van der Waals surface area contributed by atoms with Gasteiger partial charge in [-0.25, -0.2) is 0 Å². The second-order valence-electron chi connectivity index (χ2n) is 15.8. The molecule has 3 aliphatic carbocycles. The highest BCUT2D eigenvalue weighted by Gasteiger charge is 2.37. The summed E-state index contributed by atoms with van der Waals surface area (Å²) in [6, 6.07) is 30.0. The first-order valence-electron chi connectivity index (χ1n) is 18.8. The SMILES string of the molecule is C[Si](C)/N=C1/C=CC=C(N(C2=CC=C(c3ccccc3)C(=N)/C2=N\[Si](C)C)c2ccc(-c3ccc4c(c3)-c3ccccc3C4(C)C)c3c2=N[Si](C)(C)N=3)C1=N. The quantitative estimate of drug-likeness (QED) is 0.142. The van der Waals surface area contributed by atoms with Gasteiger partial charge in [0.2, 0.25) is 0 Å². The van der Waals surface area contributed by atoms with Gasteiger partial charge in [-0.1, -0.05) is 119 Å². The second kappa shape index (κ2) is 13.7. The lowest BCUT2D eigenvalue weighted by Crippen LogP contribution is -2.42. The van der Waals surface area contributed by atoms with Crippen molar-refractivity contribution < 1.29 is 0 Å². The van der Waals surface area contributed by atoms with Gasteiger partial charge in [-0.05, 0) is 82.9 Å². The van der Waals surface area contributed by atoms with Gasteiger partial charge in [0.25, 0.3) is 8.40 Å². The fourth-order valence-electron chi connectivity index (χ4n) is 8.06. The Labute approximate surface area is 328 Å². The van der Waals surface area contributed by atoms with Crippen LogP contribution in [0.1, 0.15) is 30.5 Å². The third kappa shape index (κ3) is 6.37. The number of allylic oxidation sites excluding steroid dienone is 8. The third-order valence-corrected chi connectivity index (χ3v) is 13.4. The summed E-state index contributed by atoms with van der Waals surface area (Å²) in [4.78, 5) is 2.11. The highest BCUT2D eigenvalue weighted by Crippen LogP contribution is 2.49. The average molecular weight is 768 g/mol. The van der Waals surface area contributed by atoms with Crippen molar-refractivity contribution in [1.82, 2.24) is 0 Å². The summed E-state index contributed by atoms with van der Waals surface area (Å²) in [6.07, 6.45) is 9.98. The molecule has 0 spiro atoms. The lowest BCUT2D eigenvalue weighted by molar-refractivity contribution is 0.660. The predicted octanol–water partition coefficient (Wildman–Crippen LogP) is 9.28. The van der Waals surface area contributed by atoms with Crippen molar-refractivity contribution in [3.8, 4) is 22.3 Å². The number of nitrogens with zero attached hydrogens (tertiary/aromatic N) is 5. The summed E-state index contributed by atoms with van der Waals surface area (Å²) >= 11 is 0. The zero-order valence-electron chi connectivity index (χ0n) is 32.7. The lowest BCUT2D eigenvalue weighted by atomic mass is 9.82. The van der Waals surface area contributed by atoms with Gasteiger partial charge < -0.3 is 14.2 Å². The molecule has 4 aromatic carbocycles. The van der Waals surface area contributed by atoms with E-state index in [0.29, 0.717) is 28.5 Å². The molecule has 0 atom stereocenters. The minimum Gasteiger partial charge on any atom is -0.321 e. The normalized spacial score (nSPS) is 19.1. The summed E-state index contributed by atoms with van der Waals surface area (Å²) in [5, 5.41) is 20.9. The Bertz CT molecular complexity index is 2640. The molecule has 8 rings (SSSR count). The Morgan fingerprint density at radius 3 is 2.09 bits per heavy atom. The topological polar surface area (TPSA) is 100 Å². The maximum absolute atomic E-state index is 9.63. The van der Waals surface area contributed by atoms with E-state index in [-0.39, 0.29) is 5.41 Å². The summed E-state index contributed by atoms with van der Waals surface area (Å²) in [7, 11) is -4.64. The van der Waals surface area contributed by atoms with E-state index in [4.69, 9.17) is 18.6 Å². The standard InChI is InChI=1S/C45H45N7Si3/c1-45(2)34-18-13-12-17-32(34)33-27-29(21-24-35(33)45)31-23-26-39(44-42(31)50-55(7,8)51-44)52(37-20-14-19-36(41(37)47)48-53(3)4)38-25-22-30(28-15-10-9-11-16-28)40(46)43(38)49-54(5)6/h9-27,46-47H,1-8H3/b46-40?,47-41?,48-36-,49-43-. The molecule has 10 heteroatoms. The van der Waals surface area contributed by atoms with Gasteiger partial charge in [0.15, 0.2) is 17.9 Å². The Morgan fingerprint density at radius 2 is 1.35 bits per heavy atom. The minimum absolute atomic E-state index is 0.0782. The van der Waals surface area contributed by atoms with E-state index in [1.54, 1.807) is 0 Å². The monoisotopic (exact) mass is 767 g/mol. The molecule has 4 aliphatic rings. The van der Waals surface area contributed by atoms with Crippen molar-refractivity contribution in [3.63, 3.8) is 0 Å². The van der Waals surface area contributed by atoms with Crippen LogP contribution < -0.4 is 15.6 Å². The summed E-state index contributed by atoms with van der Waals surface area (Å²) in [5.74, 6) is 0. The number of nitrogens with one attached hydrogen (secondary N) is 2. The van der Waals surface area contributed by atoms with Crippen LogP contribution in [0.5, 0.6) is 0 Å². The van der Waals surface area contributed by atoms with Crippen LogP contribution in [-0.4, -0.2) is 49.2 Å². The molecule has 0 unspecified atom stereocenters. The fraction of sp³-hybridized carbons (Fsp3) is 0.200. The van der Waals surface area contributed by atoms with Gasteiger partial charge in [-0.2, -0.15) is 0 Å². The molecule has 0 bridgehead atoms. The maximum Gasteiger partial charge on any atom is 0.298 e. The van der Waals surface area contributed by atoms with Crippen LogP contribution in [0.15, 0.2) is 145 Å². The largest absolute Gasteiger partial charge is 0.321 e. The van der Waals surface area contributed by atoms with Crippen LogP contribution in [0, 0.1) is 10.8 Å². The fourth-order valence-corrected chi connectivity index (χ4v) is 11.0. The molecule has 0 aromatic heterocycles. The molecule has 0 saturated heterocycles. The molecule has 2 N–H and O–H groups in total. The van der Waals surface area contributed by atoms with Crippen LogP contribution in [0.25, 0.3) is 27.8 Å². The molecule has 2 radical (unpaired) electrons. The van der Waals surface area contributed by atoms with E-state index >= 15 is 0 Å². The van der Waals surface area contributed by atoms with E-state index in [1.807, 2.05) is 54.6 Å². The number of benzene rings is 4. The molecule has 272 valence electrons. The van der Waals surface area contributed by atoms with Crippen LogP contribution >= 0.6 is 0 Å². The number of fused-ring (bicyclic) bond motifs is 4. The molecular formula is C45H45N7Si3. The number of hydrogen-bond acceptors (Lipinski definition) is 7. The summed E-state index contributed by atoms with van der Waals surface area (Å²) in [6.45, 7) is 17.5. The predicted molar refractivity (Wildman–Crippen MR) is 237 cm³/mol. The van der Waals surface area contributed by atoms with Crippen molar-refractivity contribution in [3.05, 3.63) is 154 Å². The number of anilines is 1. The highest BCUT2D eigenvalue weighted by molar-refractivity contribution is 6.74. The van der Waals surface area contributed by atoms with E-state index in [2.05, 4.69) is 119 Å². The average Bonchev–Trinajstić information content (AvgIpc) is 3.60. The molecule has 0 saturated carbocycles. The maximum atomic E-state index is 9.63. The first kappa shape index (κ1) is 36.5. The molecule has 7 nitrogen and oxygen atoms in total. The van der Waals surface area contributed by atoms with E-state index in [0.717, 1.165) is 44.4 Å². The Hall–Kier alpha value is -5.43. The Morgan fingerprint density at radius 1 is 0.655 bits per heavy atom. The van der Waals surface area contributed by atoms with Crippen molar-refractivity contribution in [2.24, 2.45) is 18.6 Å². The number of rotatable bonds is 7. The second-order valence-corrected chi connectivity index (χ2v) is 23.5. The zero-order valence-corrected chi connectivity index (χ0v) is 35.7. The van der Waals surface area contributed by atoms with Gasteiger partial charge >= 0.3 is 0 Å². The molecule has 4 aromatic rings. The number of hydrogen-bond donors (Lipinski definition) is 2. The van der Waals surface area contributed by atoms with Crippen molar-refractivity contribution in [2.75, 3.05) is 4.90 Å². The van der Waals surface area contributed by atoms with Gasteiger partial charge in [0.05, 0.1) is 44.9 Å². The van der Waals surface area contributed by atoms with E-state index in [9.17, 15) is 10.8 Å². The molecule has 1 heterocycles. The van der Waals surface area contributed by atoms with Crippen molar-refractivity contribution in [2.45, 2.75) is 58.5 Å². The van der Waals surface area contributed by atoms with Gasteiger partial charge in [0.1, 0.15) is 5.71 Å². The van der Waals surface area contributed by atoms with Crippen molar-refractivity contribution >= 4 is 60.4 Å². The first-order chi connectivity index (χ1) is 26.2. The van der Waals surface area contributed by atoms with Crippen LogP contribution in [-0.2, 0) is 5.41 Å². The van der Waals surface area contributed by atoms with E-state index in [1.165, 1.54) is 22.3 Å². The van der Waals surface area contributed by atoms with Gasteiger partial charge in [-0.3, -0.25) is 20.1 Å². The minimum atomic E-state index is -2.43. The van der Waals surface area contributed by atoms with Crippen LogP contribution in [0.4, 0.5) is 5.69 Å². The Kier molecular flexibility index (Phi) is 9.10.